The summed E-state index contributed by atoms with van der Waals surface area (Å²) in [4.78, 5) is 58.5. The maximum atomic E-state index is 12.9. The number of hydrogen-bond donors (Lipinski definition) is 4. The SMILES string of the molecule is CC/C=C\C/C=C\C/C=C\C/C=C\C/C=C\C/C=C\CCCCCCCCC(=O)OCC(O)COP(=O)(O)OCC(O)COP(=O)(O)OCC(COC(=O)CCCCCCC/C=C\C/C=C\C/C=C\C/C=C\C/C=C\CC)OC(=O)CCCCCCC/C=C\C/C=C\C/C=C\CC. The van der Waals surface area contributed by atoms with Crippen LogP contribution in [-0.4, -0.2) is 95.9 Å². The quantitative estimate of drug-likeness (QED) is 0.0146. The first-order valence-electron chi connectivity index (χ1n) is 36.4. The normalized spacial score (nSPS) is 15.1. The zero-order valence-electron chi connectivity index (χ0n) is 59.7. The number of esters is 3. The van der Waals surface area contributed by atoms with Gasteiger partial charge in [0.05, 0.1) is 26.4 Å². The Morgan fingerprint density at radius 3 is 0.814 bits per heavy atom. The second kappa shape index (κ2) is 70.8. The van der Waals surface area contributed by atoms with E-state index in [2.05, 4.69) is 191 Å². The Labute approximate surface area is 586 Å². The molecule has 0 aliphatic rings. The lowest BCUT2D eigenvalue weighted by atomic mass is 10.1. The fourth-order valence-electron chi connectivity index (χ4n) is 8.97. The molecule has 0 amide bonds. The maximum Gasteiger partial charge on any atom is 0.472 e. The van der Waals surface area contributed by atoms with E-state index in [-0.39, 0.29) is 19.3 Å². The van der Waals surface area contributed by atoms with Crippen molar-refractivity contribution in [3.63, 3.8) is 0 Å². The van der Waals surface area contributed by atoms with Crippen molar-refractivity contribution in [2.24, 2.45) is 0 Å². The van der Waals surface area contributed by atoms with Crippen molar-refractivity contribution in [3.8, 4) is 0 Å². The molecule has 550 valence electrons. The van der Waals surface area contributed by atoms with Crippen molar-refractivity contribution < 1.29 is 75.8 Å². The molecule has 0 aromatic heterocycles. The Kier molecular flexibility index (Phi) is 67.0. The highest BCUT2D eigenvalue weighted by Crippen LogP contribution is 2.45. The molecule has 5 unspecified atom stereocenters. The Morgan fingerprint density at radius 1 is 0.289 bits per heavy atom. The minimum absolute atomic E-state index is 0.0737. The number of aliphatic hydroxyl groups excluding tert-OH is 2. The fraction of sp³-hybridized carbons (Fsp3) is 0.608. The van der Waals surface area contributed by atoms with Gasteiger partial charge in [-0.25, -0.2) is 9.13 Å². The molecular weight excluding hydrogens is 1270 g/mol. The molecule has 0 aromatic rings. The summed E-state index contributed by atoms with van der Waals surface area (Å²) in [6.45, 7) is 2.24. The van der Waals surface area contributed by atoms with Gasteiger partial charge < -0.3 is 34.2 Å². The van der Waals surface area contributed by atoms with Gasteiger partial charge >= 0.3 is 33.6 Å². The smallest absolute Gasteiger partial charge is 0.463 e. The number of unbranched alkanes of at least 4 members (excludes halogenated alkanes) is 16. The number of allylic oxidation sites excluding steroid dienone is 28. The average molecular weight is 1400 g/mol. The first-order chi connectivity index (χ1) is 47.2. The van der Waals surface area contributed by atoms with E-state index in [4.69, 9.17) is 32.3 Å². The summed E-state index contributed by atoms with van der Waals surface area (Å²) in [5.41, 5.74) is 0. The number of aliphatic hydroxyl groups is 2. The van der Waals surface area contributed by atoms with Gasteiger partial charge in [-0.15, -0.1) is 0 Å². The number of carbonyl (C=O) groups is 3. The Balaban J connectivity index is 4.68. The maximum absolute atomic E-state index is 12.9. The summed E-state index contributed by atoms with van der Waals surface area (Å²) in [5, 5.41) is 20.6. The fourth-order valence-corrected chi connectivity index (χ4v) is 10.6. The zero-order chi connectivity index (χ0) is 70.9. The predicted octanol–water partition coefficient (Wildman–Crippen LogP) is 20.9. The third-order valence-electron chi connectivity index (χ3n) is 14.4. The molecule has 0 rings (SSSR count). The van der Waals surface area contributed by atoms with Gasteiger partial charge in [-0.05, 0) is 148 Å². The van der Waals surface area contributed by atoms with E-state index in [1.165, 1.54) is 0 Å². The molecule has 0 fully saturated rings. The topological polar surface area (TPSA) is 231 Å². The molecule has 0 saturated heterocycles. The Bertz CT molecular complexity index is 2440. The molecule has 0 spiro atoms. The summed E-state index contributed by atoms with van der Waals surface area (Å²) in [6, 6.07) is 0. The van der Waals surface area contributed by atoms with Crippen LogP contribution in [0.2, 0.25) is 0 Å². The lowest BCUT2D eigenvalue weighted by molar-refractivity contribution is -0.161. The van der Waals surface area contributed by atoms with Crippen LogP contribution in [0.25, 0.3) is 0 Å². The molecule has 4 N–H and O–H groups in total. The van der Waals surface area contributed by atoms with Gasteiger partial charge in [-0.2, -0.15) is 0 Å². The number of carbonyl (C=O) groups excluding carboxylic acids is 3. The predicted molar refractivity (Wildman–Crippen MR) is 398 cm³/mol. The van der Waals surface area contributed by atoms with Gasteiger partial charge in [0.15, 0.2) is 6.10 Å². The lowest BCUT2D eigenvalue weighted by Crippen LogP contribution is -2.30. The molecule has 0 saturated carbocycles. The van der Waals surface area contributed by atoms with Crippen molar-refractivity contribution in [1.29, 1.82) is 0 Å². The Hall–Kier alpha value is -5.09. The Morgan fingerprint density at radius 2 is 0.515 bits per heavy atom. The van der Waals surface area contributed by atoms with Crippen LogP contribution in [-0.2, 0) is 55.8 Å². The third kappa shape index (κ3) is 72.0. The van der Waals surface area contributed by atoms with Gasteiger partial charge in [0.1, 0.15) is 25.4 Å². The van der Waals surface area contributed by atoms with Crippen LogP contribution in [0.15, 0.2) is 170 Å². The molecule has 0 heterocycles. The van der Waals surface area contributed by atoms with Crippen molar-refractivity contribution in [2.75, 3.05) is 39.6 Å². The summed E-state index contributed by atoms with van der Waals surface area (Å²) in [7, 11) is -9.81. The molecular formula is C79H128O16P2. The molecule has 16 nitrogen and oxygen atoms in total. The van der Waals surface area contributed by atoms with Crippen LogP contribution in [0, 0.1) is 0 Å². The highest BCUT2D eigenvalue weighted by Gasteiger charge is 2.29. The van der Waals surface area contributed by atoms with E-state index in [1.54, 1.807) is 0 Å². The van der Waals surface area contributed by atoms with Crippen LogP contribution in [0.3, 0.4) is 0 Å². The highest BCUT2D eigenvalue weighted by atomic mass is 31.2. The van der Waals surface area contributed by atoms with E-state index < -0.39 is 91.5 Å². The van der Waals surface area contributed by atoms with Gasteiger partial charge in [-0.1, -0.05) is 255 Å². The summed E-state index contributed by atoms with van der Waals surface area (Å²) >= 11 is 0. The minimum Gasteiger partial charge on any atom is -0.463 e. The van der Waals surface area contributed by atoms with Gasteiger partial charge in [0.25, 0.3) is 0 Å². The number of rotatable bonds is 67. The number of phosphoric acid groups is 2. The second-order valence-electron chi connectivity index (χ2n) is 23.6. The molecule has 0 radical (unpaired) electrons. The van der Waals surface area contributed by atoms with Gasteiger partial charge in [0, 0.05) is 19.3 Å². The first kappa shape index (κ1) is 91.9. The average Bonchev–Trinajstić information content (AvgIpc) is 1.82. The summed E-state index contributed by atoms with van der Waals surface area (Å²) < 4.78 is 61.0. The summed E-state index contributed by atoms with van der Waals surface area (Å²) in [5.74, 6) is -1.64. The molecule has 18 heteroatoms. The molecule has 0 aliphatic carbocycles. The van der Waals surface area contributed by atoms with Crippen LogP contribution in [0.1, 0.15) is 252 Å². The van der Waals surface area contributed by atoms with E-state index in [0.29, 0.717) is 19.3 Å². The van der Waals surface area contributed by atoms with Gasteiger partial charge in [0.2, 0.25) is 0 Å². The number of phosphoric ester groups is 2. The molecule has 0 aromatic carbocycles. The zero-order valence-corrected chi connectivity index (χ0v) is 61.5. The monoisotopic (exact) mass is 1390 g/mol. The summed E-state index contributed by atoms with van der Waals surface area (Å²) in [6.07, 6.45) is 88.2. The van der Waals surface area contributed by atoms with E-state index in [9.17, 15) is 43.5 Å². The van der Waals surface area contributed by atoms with Crippen molar-refractivity contribution >= 4 is 33.6 Å². The second-order valence-corrected chi connectivity index (χ2v) is 26.5. The largest absolute Gasteiger partial charge is 0.472 e. The van der Waals surface area contributed by atoms with Crippen molar-refractivity contribution in [3.05, 3.63) is 170 Å². The molecule has 97 heavy (non-hydrogen) atoms. The number of hydrogen-bond acceptors (Lipinski definition) is 14. The van der Waals surface area contributed by atoms with Gasteiger partial charge in [-0.3, -0.25) is 32.5 Å². The van der Waals surface area contributed by atoms with Crippen LogP contribution >= 0.6 is 15.6 Å². The molecule has 5 atom stereocenters. The van der Waals surface area contributed by atoms with E-state index >= 15 is 0 Å². The minimum atomic E-state index is -4.95. The number of ether oxygens (including phenoxy) is 3. The van der Waals surface area contributed by atoms with Crippen molar-refractivity contribution in [2.45, 2.75) is 270 Å². The molecule has 0 aliphatic heterocycles. The van der Waals surface area contributed by atoms with Crippen molar-refractivity contribution in [1.82, 2.24) is 0 Å². The van der Waals surface area contributed by atoms with Crippen LogP contribution in [0.5, 0.6) is 0 Å². The van der Waals surface area contributed by atoms with E-state index in [0.717, 1.165) is 193 Å². The lowest BCUT2D eigenvalue weighted by Gasteiger charge is -2.21. The van der Waals surface area contributed by atoms with E-state index in [1.807, 2.05) is 0 Å². The highest BCUT2D eigenvalue weighted by molar-refractivity contribution is 7.47. The third-order valence-corrected chi connectivity index (χ3v) is 16.3. The van der Waals surface area contributed by atoms with Crippen LogP contribution in [0.4, 0.5) is 0 Å². The molecule has 0 bridgehead atoms. The first-order valence-corrected chi connectivity index (χ1v) is 39.4. The standard InChI is InChI=1S/C79H128O16P2/c1-4-7-10-13-16-19-22-25-28-30-32-34-35-36-37-39-41-42-45-47-50-53-56-59-62-65-77(82)89-68-74(80)69-91-96(85,86)92-70-75(81)71-93-97(87,88)94-73-76(95-79(84)67-64-61-58-55-52-49-44-27-24-21-18-15-12-9-6-3)72-90-78(83)66-63-60-57-54-51-48-46-43-40-38-33-31-29-26-23-20-17-14-11-8-5-2/h7-12,16-21,25-29,32-34,36-38,41-44,46,74-76,80-81H,4-6,13-15,22-24,30-31,35,39-40,45,47-73H2,1-3H3,(H,85,86)(H,87,88)/b10-7-,11-8-,12-9-,19-16-,20-17-,21-18-,28-25-,29-26-,34-32-,37-36-,38-33-,42-41-,44-27-,46-43-. The van der Waals surface area contributed by atoms with Crippen LogP contribution < -0.4 is 0 Å².